The number of aryl methyl sites for hydroxylation is 2. The highest BCUT2D eigenvalue weighted by molar-refractivity contribution is 7.91. The number of rotatable bonds is 5. The van der Waals surface area contributed by atoms with E-state index in [1.54, 1.807) is 0 Å². The van der Waals surface area contributed by atoms with Gasteiger partial charge in [0.1, 0.15) is 5.76 Å². The van der Waals surface area contributed by atoms with E-state index in [4.69, 9.17) is 4.52 Å². The minimum absolute atomic E-state index is 0.0583. The molecule has 1 fully saturated rings. The van der Waals surface area contributed by atoms with Crippen molar-refractivity contribution < 1.29 is 17.7 Å². The summed E-state index contributed by atoms with van der Waals surface area (Å²) in [5.41, 5.74) is 1.79. The van der Waals surface area contributed by atoms with Gasteiger partial charge in [0.25, 0.3) is 0 Å². The average Bonchev–Trinajstić information content (AvgIpc) is 2.88. The van der Waals surface area contributed by atoms with Crippen LogP contribution in [0.4, 0.5) is 0 Å². The molecule has 1 unspecified atom stereocenters. The Morgan fingerprint density at radius 2 is 2.20 bits per heavy atom. The highest BCUT2D eigenvalue weighted by atomic mass is 32.2. The number of sulfone groups is 1. The molecule has 0 aliphatic carbocycles. The molecule has 1 aromatic rings. The molecule has 2 rings (SSSR count). The lowest BCUT2D eigenvalue weighted by molar-refractivity contribution is -0.121. The molecule has 0 saturated carbocycles. The predicted octanol–water partition coefficient (Wildman–Crippen LogP) is 0.775. The van der Waals surface area contributed by atoms with Crippen molar-refractivity contribution in [3.8, 4) is 0 Å². The van der Waals surface area contributed by atoms with E-state index in [0.29, 0.717) is 25.8 Å². The monoisotopic (exact) mass is 300 g/mol. The van der Waals surface area contributed by atoms with Gasteiger partial charge in [0.05, 0.1) is 17.2 Å². The van der Waals surface area contributed by atoms with Gasteiger partial charge in [-0.25, -0.2) is 8.42 Å². The number of aromatic nitrogens is 1. The summed E-state index contributed by atoms with van der Waals surface area (Å²) in [6.45, 7) is 4.13. The number of amides is 1. The standard InChI is InChI=1S/C13H20N2O4S/c1-9-12(10(2)19-15-9)3-4-13(16)14-7-11-5-6-20(17,18)8-11/h11H,3-8H2,1-2H3,(H,14,16). The third-order valence-electron chi connectivity index (χ3n) is 3.70. The minimum atomic E-state index is -2.87. The highest BCUT2D eigenvalue weighted by Gasteiger charge is 2.27. The molecule has 1 aliphatic rings. The molecule has 7 heteroatoms. The molecule has 0 spiro atoms. The maximum Gasteiger partial charge on any atom is 0.220 e. The summed E-state index contributed by atoms with van der Waals surface area (Å²) in [7, 11) is -2.87. The van der Waals surface area contributed by atoms with Crippen LogP contribution >= 0.6 is 0 Å². The number of carbonyl (C=O) groups is 1. The van der Waals surface area contributed by atoms with Crippen molar-refractivity contribution in [2.45, 2.75) is 33.1 Å². The van der Waals surface area contributed by atoms with Crippen molar-refractivity contribution >= 4 is 15.7 Å². The van der Waals surface area contributed by atoms with Crippen molar-refractivity contribution in [2.24, 2.45) is 5.92 Å². The highest BCUT2D eigenvalue weighted by Crippen LogP contribution is 2.17. The van der Waals surface area contributed by atoms with Crippen molar-refractivity contribution in [2.75, 3.05) is 18.1 Å². The molecule has 0 bridgehead atoms. The molecule has 1 aromatic heterocycles. The molecular formula is C13H20N2O4S. The van der Waals surface area contributed by atoms with E-state index in [1.807, 2.05) is 13.8 Å². The molecule has 0 radical (unpaired) electrons. The summed E-state index contributed by atoms with van der Waals surface area (Å²) >= 11 is 0. The summed E-state index contributed by atoms with van der Waals surface area (Å²) in [5, 5.41) is 6.66. The van der Waals surface area contributed by atoms with Gasteiger partial charge < -0.3 is 9.84 Å². The summed E-state index contributed by atoms with van der Waals surface area (Å²) in [5.74, 6) is 1.18. The lowest BCUT2D eigenvalue weighted by Gasteiger charge is -2.09. The van der Waals surface area contributed by atoms with Gasteiger partial charge in [-0.2, -0.15) is 0 Å². The Bertz CT molecular complexity index is 572. The van der Waals surface area contributed by atoms with E-state index in [-0.39, 0.29) is 23.3 Å². The second-order valence-corrected chi connectivity index (χ2v) is 7.60. The first-order chi connectivity index (χ1) is 9.37. The van der Waals surface area contributed by atoms with Crippen LogP contribution in [0.15, 0.2) is 4.52 Å². The molecule has 1 aliphatic heterocycles. The Labute approximate surface area is 118 Å². The van der Waals surface area contributed by atoms with Gasteiger partial charge in [0.15, 0.2) is 9.84 Å². The Hall–Kier alpha value is -1.37. The van der Waals surface area contributed by atoms with Gasteiger partial charge >= 0.3 is 0 Å². The van der Waals surface area contributed by atoms with Crippen LogP contribution in [0, 0.1) is 19.8 Å². The van der Waals surface area contributed by atoms with Crippen LogP contribution < -0.4 is 5.32 Å². The Balaban J connectivity index is 1.74. The van der Waals surface area contributed by atoms with Crippen molar-refractivity contribution in [1.29, 1.82) is 0 Å². The summed E-state index contributed by atoms with van der Waals surface area (Å²) in [6.07, 6.45) is 1.60. The van der Waals surface area contributed by atoms with Crippen molar-refractivity contribution in [1.82, 2.24) is 10.5 Å². The van der Waals surface area contributed by atoms with Gasteiger partial charge in [0, 0.05) is 18.5 Å². The van der Waals surface area contributed by atoms with Crippen LogP contribution in [-0.4, -0.2) is 37.5 Å². The van der Waals surface area contributed by atoms with Gasteiger partial charge in [-0.15, -0.1) is 0 Å². The topological polar surface area (TPSA) is 89.3 Å². The quantitative estimate of drug-likeness (QED) is 0.867. The van der Waals surface area contributed by atoms with Gasteiger partial charge in [-0.3, -0.25) is 4.79 Å². The van der Waals surface area contributed by atoms with Crippen LogP contribution in [0.5, 0.6) is 0 Å². The first kappa shape index (κ1) is 15.0. The number of hydrogen-bond acceptors (Lipinski definition) is 5. The molecule has 1 atom stereocenters. The maximum atomic E-state index is 11.8. The lowest BCUT2D eigenvalue weighted by Crippen LogP contribution is -2.30. The molecule has 20 heavy (non-hydrogen) atoms. The maximum absolute atomic E-state index is 11.8. The van der Waals surface area contributed by atoms with E-state index >= 15 is 0 Å². The first-order valence-electron chi connectivity index (χ1n) is 6.76. The number of hydrogen-bond donors (Lipinski definition) is 1. The van der Waals surface area contributed by atoms with Crippen LogP contribution in [0.1, 0.15) is 29.9 Å². The molecular weight excluding hydrogens is 280 g/mol. The molecule has 1 amide bonds. The third kappa shape index (κ3) is 3.82. The largest absolute Gasteiger partial charge is 0.361 e. The molecule has 6 nitrogen and oxygen atoms in total. The lowest BCUT2D eigenvalue weighted by atomic mass is 10.1. The van der Waals surface area contributed by atoms with Crippen LogP contribution in [-0.2, 0) is 21.1 Å². The zero-order chi connectivity index (χ0) is 14.8. The smallest absolute Gasteiger partial charge is 0.220 e. The molecule has 1 N–H and O–H groups in total. The fraction of sp³-hybridized carbons (Fsp3) is 0.692. The van der Waals surface area contributed by atoms with Gasteiger partial charge in [0.2, 0.25) is 5.91 Å². The van der Waals surface area contributed by atoms with E-state index in [2.05, 4.69) is 10.5 Å². The van der Waals surface area contributed by atoms with Gasteiger partial charge in [-0.05, 0) is 32.6 Å². The number of nitrogens with zero attached hydrogens (tertiary/aromatic N) is 1. The van der Waals surface area contributed by atoms with Crippen molar-refractivity contribution in [3.05, 3.63) is 17.0 Å². The molecule has 0 aromatic carbocycles. The number of nitrogens with one attached hydrogen (secondary N) is 1. The zero-order valence-electron chi connectivity index (χ0n) is 11.8. The Morgan fingerprint density at radius 3 is 2.75 bits per heavy atom. The molecule has 2 heterocycles. The Morgan fingerprint density at radius 1 is 1.45 bits per heavy atom. The van der Waals surface area contributed by atoms with E-state index in [1.165, 1.54) is 0 Å². The summed E-state index contributed by atoms with van der Waals surface area (Å²) in [4.78, 5) is 11.8. The van der Waals surface area contributed by atoms with E-state index < -0.39 is 9.84 Å². The van der Waals surface area contributed by atoms with E-state index in [0.717, 1.165) is 17.0 Å². The fourth-order valence-corrected chi connectivity index (χ4v) is 4.34. The van der Waals surface area contributed by atoms with Crippen molar-refractivity contribution in [3.63, 3.8) is 0 Å². The summed E-state index contributed by atoms with van der Waals surface area (Å²) < 4.78 is 27.7. The predicted molar refractivity (Wildman–Crippen MR) is 74.1 cm³/mol. The van der Waals surface area contributed by atoms with E-state index in [9.17, 15) is 13.2 Å². The fourth-order valence-electron chi connectivity index (χ4n) is 2.48. The normalized spacial score (nSPS) is 21.0. The average molecular weight is 300 g/mol. The minimum Gasteiger partial charge on any atom is -0.361 e. The second kappa shape index (κ2) is 5.95. The number of carbonyl (C=O) groups excluding carboxylic acids is 1. The first-order valence-corrected chi connectivity index (χ1v) is 8.58. The Kier molecular flexibility index (Phi) is 4.47. The molecule has 112 valence electrons. The van der Waals surface area contributed by atoms with Crippen LogP contribution in [0.3, 0.4) is 0 Å². The third-order valence-corrected chi connectivity index (χ3v) is 5.53. The second-order valence-electron chi connectivity index (χ2n) is 5.38. The molecule has 1 saturated heterocycles. The summed E-state index contributed by atoms with van der Waals surface area (Å²) in [6, 6.07) is 0. The van der Waals surface area contributed by atoms with Gasteiger partial charge in [-0.1, -0.05) is 5.16 Å². The van der Waals surface area contributed by atoms with Crippen LogP contribution in [0.25, 0.3) is 0 Å². The SMILES string of the molecule is Cc1noc(C)c1CCC(=O)NCC1CCS(=O)(=O)C1. The zero-order valence-corrected chi connectivity index (χ0v) is 12.6. The van der Waals surface area contributed by atoms with Crippen LogP contribution in [0.2, 0.25) is 0 Å².